The molecule has 0 aromatic heterocycles. The Labute approximate surface area is 118 Å². The lowest BCUT2D eigenvalue weighted by atomic mass is 9.88. The van der Waals surface area contributed by atoms with Crippen molar-refractivity contribution in [2.24, 2.45) is 10.9 Å². The summed E-state index contributed by atoms with van der Waals surface area (Å²) in [6.07, 6.45) is 9.53. The molecule has 0 saturated carbocycles. The first-order valence-electron chi connectivity index (χ1n) is 6.71. The Kier molecular flexibility index (Phi) is 3.33. The number of nitrogens with zero attached hydrogens (tertiary/aromatic N) is 1. The number of benzene rings is 1. The van der Waals surface area contributed by atoms with Crippen LogP contribution in [0, 0.1) is 12.8 Å². The van der Waals surface area contributed by atoms with Gasteiger partial charge < -0.3 is 5.32 Å². The number of nitrogens with one attached hydrogen (secondary N) is 1. The smallest absolute Gasteiger partial charge is 0.270 e. The molecule has 3 heteroatoms. The molecule has 100 valence electrons. The van der Waals surface area contributed by atoms with Gasteiger partial charge in [0.2, 0.25) is 0 Å². The van der Waals surface area contributed by atoms with E-state index in [1.165, 1.54) is 5.56 Å². The molecule has 1 aromatic carbocycles. The molecule has 1 atom stereocenters. The van der Waals surface area contributed by atoms with Gasteiger partial charge in [0.15, 0.2) is 0 Å². The molecule has 0 fully saturated rings. The van der Waals surface area contributed by atoms with E-state index in [9.17, 15) is 4.79 Å². The predicted molar refractivity (Wildman–Crippen MR) is 82.0 cm³/mol. The van der Waals surface area contributed by atoms with Crippen LogP contribution in [0.4, 0.5) is 5.69 Å². The van der Waals surface area contributed by atoms with Crippen molar-refractivity contribution in [1.29, 1.82) is 0 Å². The Morgan fingerprint density at radius 3 is 2.80 bits per heavy atom. The van der Waals surface area contributed by atoms with Gasteiger partial charge in [0, 0.05) is 24.2 Å². The fraction of sp³-hybridized carbons (Fsp3) is 0.176. The number of dihydropyridines is 1. The fourth-order valence-electron chi connectivity index (χ4n) is 2.40. The summed E-state index contributed by atoms with van der Waals surface area (Å²) in [5, 5.41) is 3.36. The average molecular weight is 264 g/mol. The first kappa shape index (κ1) is 12.6. The SMILES string of the molecule is Cc1ccc(NCC2=CC(=O)N=C3C=CC=CC23)cc1. The maximum atomic E-state index is 11.6. The molecule has 1 heterocycles. The van der Waals surface area contributed by atoms with Crippen LogP contribution in [-0.2, 0) is 4.79 Å². The van der Waals surface area contributed by atoms with Crippen molar-refractivity contribution in [3.05, 3.63) is 65.8 Å². The van der Waals surface area contributed by atoms with Gasteiger partial charge in [-0.1, -0.05) is 35.9 Å². The van der Waals surface area contributed by atoms with Gasteiger partial charge >= 0.3 is 0 Å². The molecule has 1 aliphatic carbocycles. The average Bonchev–Trinajstić information content (AvgIpc) is 2.46. The van der Waals surface area contributed by atoms with Gasteiger partial charge in [-0.25, -0.2) is 4.99 Å². The van der Waals surface area contributed by atoms with Crippen LogP contribution in [0.25, 0.3) is 0 Å². The quantitative estimate of drug-likeness (QED) is 0.911. The number of anilines is 1. The molecule has 1 aromatic rings. The van der Waals surface area contributed by atoms with Crippen molar-refractivity contribution in [1.82, 2.24) is 0 Å². The molecule has 1 amide bonds. The van der Waals surface area contributed by atoms with Crippen LogP contribution in [0.3, 0.4) is 0 Å². The van der Waals surface area contributed by atoms with Crippen molar-refractivity contribution in [3.8, 4) is 0 Å². The van der Waals surface area contributed by atoms with Gasteiger partial charge in [-0.05, 0) is 30.7 Å². The molecule has 0 spiro atoms. The second kappa shape index (κ2) is 5.29. The molecule has 20 heavy (non-hydrogen) atoms. The summed E-state index contributed by atoms with van der Waals surface area (Å²) in [5.74, 6) is -0.0486. The van der Waals surface area contributed by atoms with Crippen molar-refractivity contribution in [2.75, 3.05) is 11.9 Å². The van der Waals surface area contributed by atoms with Crippen molar-refractivity contribution in [3.63, 3.8) is 0 Å². The van der Waals surface area contributed by atoms with E-state index in [1.54, 1.807) is 6.08 Å². The summed E-state index contributed by atoms with van der Waals surface area (Å²) in [4.78, 5) is 15.7. The fourth-order valence-corrected chi connectivity index (χ4v) is 2.40. The first-order valence-corrected chi connectivity index (χ1v) is 6.71. The number of carbonyl (C=O) groups excluding carboxylic acids is 1. The lowest BCUT2D eigenvalue weighted by Gasteiger charge is -2.22. The lowest BCUT2D eigenvalue weighted by Crippen LogP contribution is -2.25. The minimum atomic E-state index is -0.170. The van der Waals surface area contributed by atoms with Crippen LogP contribution in [0.15, 0.2) is 65.2 Å². The van der Waals surface area contributed by atoms with Crippen LogP contribution < -0.4 is 5.32 Å². The molecule has 2 aliphatic rings. The summed E-state index contributed by atoms with van der Waals surface area (Å²) in [5.41, 5.74) is 4.18. The number of carbonyl (C=O) groups is 1. The van der Waals surface area contributed by atoms with Crippen molar-refractivity contribution < 1.29 is 4.79 Å². The van der Waals surface area contributed by atoms with Gasteiger partial charge in [0.1, 0.15) is 0 Å². The van der Waals surface area contributed by atoms with Gasteiger partial charge in [-0.3, -0.25) is 4.79 Å². The molecule has 3 rings (SSSR count). The second-order valence-corrected chi connectivity index (χ2v) is 5.04. The molecule has 3 nitrogen and oxygen atoms in total. The van der Waals surface area contributed by atoms with Crippen LogP contribution in [0.5, 0.6) is 0 Å². The normalized spacial score (nSPS) is 20.2. The van der Waals surface area contributed by atoms with E-state index < -0.39 is 0 Å². The number of fused-ring (bicyclic) bond motifs is 1. The Hall–Kier alpha value is -2.42. The number of amides is 1. The van der Waals surface area contributed by atoms with E-state index in [-0.39, 0.29) is 11.8 Å². The number of allylic oxidation sites excluding steroid dienone is 4. The van der Waals surface area contributed by atoms with Gasteiger partial charge in [-0.2, -0.15) is 0 Å². The zero-order valence-electron chi connectivity index (χ0n) is 11.3. The van der Waals surface area contributed by atoms with Gasteiger partial charge in [0.25, 0.3) is 5.91 Å². The van der Waals surface area contributed by atoms with E-state index in [0.717, 1.165) is 17.0 Å². The van der Waals surface area contributed by atoms with Crippen molar-refractivity contribution >= 4 is 17.3 Å². The van der Waals surface area contributed by atoms with E-state index in [4.69, 9.17) is 0 Å². The Morgan fingerprint density at radius 1 is 1.20 bits per heavy atom. The summed E-state index contributed by atoms with van der Waals surface area (Å²) in [7, 11) is 0. The lowest BCUT2D eigenvalue weighted by molar-refractivity contribution is -0.113. The maximum Gasteiger partial charge on any atom is 0.270 e. The Bertz CT molecular complexity index is 648. The highest BCUT2D eigenvalue weighted by molar-refractivity contribution is 6.12. The molecule has 1 unspecified atom stereocenters. The second-order valence-electron chi connectivity index (χ2n) is 5.04. The third kappa shape index (κ3) is 2.62. The molecule has 0 radical (unpaired) electrons. The molecule has 1 N–H and O–H groups in total. The topological polar surface area (TPSA) is 41.5 Å². The highest BCUT2D eigenvalue weighted by atomic mass is 16.1. The summed E-state index contributed by atoms with van der Waals surface area (Å²) in [6, 6.07) is 8.23. The van der Waals surface area contributed by atoms with Crippen LogP contribution in [-0.4, -0.2) is 18.2 Å². The zero-order chi connectivity index (χ0) is 13.9. The molecular formula is C17H16N2O. The molecular weight excluding hydrogens is 248 g/mol. The van der Waals surface area contributed by atoms with Gasteiger partial charge in [-0.15, -0.1) is 0 Å². The van der Waals surface area contributed by atoms with Crippen LogP contribution in [0.1, 0.15) is 5.56 Å². The van der Waals surface area contributed by atoms with Crippen molar-refractivity contribution in [2.45, 2.75) is 6.92 Å². The summed E-state index contributed by atoms with van der Waals surface area (Å²) >= 11 is 0. The molecule has 0 bridgehead atoms. The zero-order valence-corrected chi connectivity index (χ0v) is 11.3. The van der Waals surface area contributed by atoms with Crippen LogP contribution >= 0.6 is 0 Å². The first-order chi connectivity index (χ1) is 9.72. The number of aryl methyl sites for hydroxylation is 1. The third-order valence-electron chi connectivity index (χ3n) is 3.50. The van der Waals surface area contributed by atoms with E-state index >= 15 is 0 Å². The minimum Gasteiger partial charge on any atom is -0.381 e. The third-order valence-corrected chi connectivity index (χ3v) is 3.50. The Morgan fingerprint density at radius 2 is 2.00 bits per heavy atom. The standard InChI is InChI=1S/C17H16N2O/c1-12-6-8-14(9-7-12)18-11-13-10-17(20)19-16-5-3-2-4-15(13)16/h2-10,15,18H,11H2,1H3. The van der Waals surface area contributed by atoms with Crippen LogP contribution in [0.2, 0.25) is 0 Å². The number of hydrogen-bond acceptors (Lipinski definition) is 2. The number of aliphatic imine (C=N–C) groups is 1. The van der Waals surface area contributed by atoms with E-state index in [0.29, 0.717) is 6.54 Å². The maximum absolute atomic E-state index is 11.6. The largest absolute Gasteiger partial charge is 0.381 e. The minimum absolute atomic E-state index is 0.121. The highest BCUT2D eigenvalue weighted by Crippen LogP contribution is 2.23. The van der Waals surface area contributed by atoms with E-state index in [1.807, 2.05) is 30.4 Å². The monoisotopic (exact) mass is 264 g/mol. The highest BCUT2D eigenvalue weighted by Gasteiger charge is 2.23. The number of hydrogen-bond donors (Lipinski definition) is 1. The van der Waals surface area contributed by atoms with E-state index in [2.05, 4.69) is 35.4 Å². The number of rotatable bonds is 3. The predicted octanol–water partition coefficient (Wildman–Crippen LogP) is 3.06. The molecule has 0 saturated heterocycles. The van der Waals surface area contributed by atoms with Gasteiger partial charge in [0.05, 0.1) is 5.71 Å². The molecule has 1 aliphatic heterocycles. The Balaban J connectivity index is 1.73. The summed E-state index contributed by atoms with van der Waals surface area (Å²) in [6.45, 7) is 2.71. The summed E-state index contributed by atoms with van der Waals surface area (Å²) < 4.78 is 0.